The molecule has 1 aliphatic rings. The molecule has 2 atom stereocenters. The molecule has 7 nitrogen and oxygen atoms in total. The van der Waals surface area contributed by atoms with Crippen LogP contribution in [0.4, 0.5) is 9.18 Å². The topological polar surface area (TPSA) is 80.3 Å². The van der Waals surface area contributed by atoms with Gasteiger partial charge in [-0.1, -0.05) is 0 Å². The first-order valence-corrected chi connectivity index (χ1v) is 8.40. The summed E-state index contributed by atoms with van der Waals surface area (Å²) in [5.74, 6) is 0.190. The average Bonchev–Trinajstić information content (AvgIpc) is 2.95. The van der Waals surface area contributed by atoms with Crippen LogP contribution in [0.3, 0.4) is 0 Å². The Balaban J connectivity index is 1.76. The van der Waals surface area contributed by atoms with Crippen molar-refractivity contribution < 1.29 is 18.7 Å². The van der Waals surface area contributed by atoms with Crippen LogP contribution >= 0.6 is 11.6 Å². The van der Waals surface area contributed by atoms with Crippen molar-refractivity contribution in [2.24, 2.45) is 0 Å². The summed E-state index contributed by atoms with van der Waals surface area (Å²) in [6.07, 6.45) is -0.727. The molecule has 9 heteroatoms. The summed E-state index contributed by atoms with van der Waals surface area (Å²) >= 11 is 5.89. The number of nitrogens with zero attached hydrogens (tertiary/aromatic N) is 3. The van der Waals surface area contributed by atoms with Crippen molar-refractivity contribution in [3.05, 3.63) is 17.5 Å². The first kappa shape index (κ1) is 17.7. The number of piperidine rings is 1. The molecule has 1 aliphatic heterocycles. The van der Waals surface area contributed by atoms with E-state index in [-0.39, 0.29) is 30.7 Å². The molecule has 3 rings (SSSR count). The molecule has 1 amide bonds. The molecule has 1 fully saturated rings. The zero-order valence-electron chi connectivity index (χ0n) is 14.3. The van der Waals surface area contributed by atoms with Gasteiger partial charge in [0.1, 0.15) is 23.5 Å². The molecule has 0 radical (unpaired) electrons. The van der Waals surface area contributed by atoms with Crippen molar-refractivity contribution in [1.82, 2.24) is 19.9 Å². The van der Waals surface area contributed by atoms with Gasteiger partial charge >= 0.3 is 6.09 Å². The number of fused-ring (bicyclic) bond motifs is 1. The number of hydrogen-bond donors (Lipinski definition) is 1. The Bertz CT molecular complexity index is 776. The van der Waals surface area contributed by atoms with E-state index in [0.717, 1.165) is 0 Å². The van der Waals surface area contributed by atoms with Gasteiger partial charge in [0, 0.05) is 19.2 Å². The predicted molar refractivity (Wildman–Crippen MR) is 90.6 cm³/mol. The highest BCUT2D eigenvalue weighted by Crippen LogP contribution is 2.27. The molecule has 0 aliphatic carbocycles. The molecule has 0 unspecified atom stereocenters. The molecular weight excluding hydrogens is 351 g/mol. The first-order valence-electron chi connectivity index (χ1n) is 8.02. The minimum Gasteiger partial charge on any atom is -0.469 e. The molecule has 136 valence electrons. The number of H-pyrrole nitrogens is 1. The number of hydrogen-bond acceptors (Lipinski definition) is 5. The molecule has 1 saturated heterocycles. The Morgan fingerprint density at radius 2 is 2.20 bits per heavy atom. The lowest BCUT2D eigenvalue weighted by Crippen LogP contribution is -2.51. The molecular formula is C16H20ClFN4O3. The van der Waals surface area contributed by atoms with E-state index in [1.54, 1.807) is 33.0 Å². The Kier molecular flexibility index (Phi) is 4.73. The van der Waals surface area contributed by atoms with E-state index in [9.17, 15) is 9.18 Å². The zero-order chi connectivity index (χ0) is 18.2. The van der Waals surface area contributed by atoms with Gasteiger partial charge in [0.2, 0.25) is 11.2 Å². The summed E-state index contributed by atoms with van der Waals surface area (Å²) in [6, 6.07) is 1.72. The number of aromatic nitrogens is 3. The van der Waals surface area contributed by atoms with E-state index in [2.05, 4.69) is 15.0 Å². The summed E-state index contributed by atoms with van der Waals surface area (Å²) < 4.78 is 25.4. The highest BCUT2D eigenvalue weighted by atomic mass is 35.5. The molecule has 1 N–H and O–H groups in total. The van der Waals surface area contributed by atoms with Crippen molar-refractivity contribution >= 4 is 28.7 Å². The smallest absolute Gasteiger partial charge is 0.410 e. The molecule has 2 aromatic rings. The van der Waals surface area contributed by atoms with Crippen LogP contribution < -0.4 is 4.74 Å². The maximum absolute atomic E-state index is 14.3. The summed E-state index contributed by atoms with van der Waals surface area (Å²) in [5.41, 5.74) is -0.109. The van der Waals surface area contributed by atoms with Gasteiger partial charge in [0.25, 0.3) is 0 Å². The standard InChI is InChI=1S/C16H20ClFN4O3/c1-16(2,3)25-15(23)22-7-5-10(18)11(8-22)24-13-9-4-6-19-12(9)20-14(17)21-13/h4,6,10-11H,5,7-8H2,1-3H3,(H,19,20,21)/t10-,11-/m0/s1. The molecule has 25 heavy (non-hydrogen) atoms. The van der Waals surface area contributed by atoms with E-state index < -0.39 is 24.0 Å². The summed E-state index contributed by atoms with van der Waals surface area (Å²) in [7, 11) is 0. The molecule has 0 bridgehead atoms. The van der Waals surface area contributed by atoms with Crippen molar-refractivity contribution in [3.63, 3.8) is 0 Å². The number of alkyl halides is 1. The average molecular weight is 371 g/mol. The fraction of sp³-hybridized carbons (Fsp3) is 0.562. The van der Waals surface area contributed by atoms with Gasteiger partial charge in [0.05, 0.1) is 11.9 Å². The fourth-order valence-corrected chi connectivity index (χ4v) is 2.77. The normalized spacial score (nSPS) is 21.4. The van der Waals surface area contributed by atoms with Gasteiger partial charge < -0.3 is 19.4 Å². The van der Waals surface area contributed by atoms with Gasteiger partial charge in [-0.3, -0.25) is 0 Å². The largest absolute Gasteiger partial charge is 0.469 e. The number of likely N-dealkylation sites (tertiary alicyclic amines) is 1. The second-order valence-electron chi connectivity index (χ2n) is 6.93. The Hall–Kier alpha value is -2.09. The zero-order valence-corrected chi connectivity index (χ0v) is 15.0. The van der Waals surface area contributed by atoms with Crippen LogP contribution in [0.1, 0.15) is 27.2 Å². The Morgan fingerprint density at radius 3 is 2.92 bits per heavy atom. The number of rotatable bonds is 2. The van der Waals surface area contributed by atoms with Crippen LogP contribution in [0.25, 0.3) is 11.0 Å². The second kappa shape index (κ2) is 6.67. The minimum atomic E-state index is -1.22. The third-order valence-electron chi connectivity index (χ3n) is 3.75. The number of carbonyl (C=O) groups is 1. The SMILES string of the molecule is CC(C)(C)OC(=O)N1CC[C@H](F)[C@@H](Oc2nc(Cl)nc3[nH]ccc23)C1. The van der Waals surface area contributed by atoms with Crippen LogP contribution in [0.5, 0.6) is 5.88 Å². The minimum absolute atomic E-state index is 0.000154. The highest BCUT2D eigenvalue weighted by Gasteiger charge is 2.35. The van der Waals surface area contributed by atoms with Crippen molar-refractivity contribution in [2.75, 3.05) is 13.1 Å². The van der Waals surface area contributed by atoms with E-state index >= 15 is 0 Å². The molecule has 0 spiro atoms. The third kappa shape index (κ3) is 4.12. The van der Waals surface area contributed by atoms with Crippen molar-refractivity contribution in [2.45, 2.75) is 45.1 Å². The maximum Gasteiger partial charge on any atom is 0.410 e. The van der Waals surface area contributed by atoms with Gasteiger partial charge in [-0.2, -0.15) is 9.97 Å². The van der Waals surface area contributed by atoms with Gasteiger partial charge in [-0.05, 0) is 38.4 Å². The first-order chi connectivity index (χ1) is 11.7. The lowest BCUT2D eigenvalue weighted by molar-refractivity contribution is -0.0129. The molecule has 0 aromatic carbocycles. The van der Waals surface area contributed by atoms with E-state index in [0.29, 0.717) is 11.0 Å². The molecule has 3 heterocycles. The summed E-state index contributed by atoms with van der Waals surface area (Å²) in [5, 5.41) is 0.603. The quantitative estimate of drug-likeness (QED) is 0.820. The van der Waals surface area contributed by atoms with Crippen LogP contribution in [-0.2, 0) is 4.74 Å². The number of halogens is 2. The highest BCUT2D eigenvalue weighted by molar-refractivity contribution is 6.28. The van der Waals surface area contributed by atoms with Crippen LogP contribution in [0.2, 0.25) is 5.28 Å². The second-order valence-corrected chi connectivity index (χ2v) is 7.26. The van der Waals surface area contributed by atoms with Gasteiger partial charge in [0.15, 0.2) is 0 Å². The lowest BCUT2D eigenvalue weighted by atomic mass is 10.1. The lowest BCUT2D eigenvalue weighted by Gasteiger charge is -2.35. The third-order valence-corrected chi connectivity index (χ3v) is 3.92. The maximum atomic E-state index is 14.3. The number of carbonyl (C=O) groups excluding carboxylic acids is 1. The summed E-state index contributed by atoms with van der Waals surface area (Å²) in [4.78, 5) is 24.6. The summed E-state index contributed by atoms with van der Waals surface area (Å²) in [6.45, 7) is 5.70. The monoisotopic (exact) mass is 370 g/mol. The van der Waals surface area contributed by atoms with Crippen molar-refractivity contribution in [3.8, 4) is 5.88 Å². The van der Waals surface area contributed by atoms with Crippen LogP contribution in [0.15, 0.2) is 12.3 Å². The van der Waals surface area contributed by atoms with Crippen LogP contribution in [-0.4, -0.2) is 56.9 Å². The van der Waals surface area contributed by atoms with E-state index in [4.69, 9.17) is 21.1 Å². The molecule has 0 saturated carbocycles. The number of nitrogens with one attached hydrogen (secondary N) is 1. The van der Waals surface area contributed by atoms with Gasteiger partial charge in [-0.15, -0.1) is 0 Å². The van der Waals surface area contributed by atoms with Gasteiger partial charge in [-0.25, -0.2) is 9.18 Å². The number of amides is 1. The number of ether oxygens (including phenoxy) is 2. The predicted octanol–water partition coefficient (Wildman–Crippen LogP) is 3.34. The van der Waals surface area contributed by atoms with E-state index in [1.165, 1.54) is 4.90 Å². The van der Waals surface area contributed by atoms with Crippen LogP contribution in [0, 0.1) is 0 Å². The van der Waals surface area contributed by atoms with E-state index in [1.807, 2.05) is 0 Å². The Morgan fingerprint density at radius 1 is 1.44 bits per heavy atom. The Labute approximate surface area is 149 Å². The number of aromatic amines is 1. The molecule has 2 aromatic heterocycles. The van der Waals surface area contributed by atoms with Crippen molar-refractivity contribution in [1.29, 1.82) is 0 Å². The fourth-order valence-electron chi connectivity index (χ4n) is 2.61.